The van der Waals surface area contributed by atoms with Gasteiger partial charge in [0.2, 0.25) is 0 Å². The quantitative estimate of drug-likeness (QED) is 0.723. The zero-order valence-corrected chi connectivity index (χ0v) is 11.4. The molecule has 0 bridgehead atoms. The van der Waals surface area contributed by atoms with E-state index in [0.717, 1.165) is 6.42 Å². The van der Waals surface area contributed by atoms with Crippen molar-refractivity contribution in [3.05, 3.63) is 35.9 Å². The van der Waals surface area contributed by atoms with Gasteiger partial charge in [0.15, 0.2) is 0 Å². The van der Waals surface area contributed by atoms with Crippen LogP contribution in [0.4, 0.5) is 0 Å². The van der Waals surface area contributed by atoms with Gasteiger partial charge in [-0.1, -0.05) is 44.2 Å². The van der Waals surface area contributed by atoms with Crippen LogP contribution in [0.15, 0.2) is 30.3 Å². The summed E-state index contributed by atoms with van der Waals surface area (Å²) < 4.78 is 10.9. The number of ether oxygens (including phenoxy) is 2. The fraction of sp³-hybridized carbons (Fsp3) is 0.600. The molecule has 2 nitrogen and oxygen atoms in total. The average Bonchev–Trinajstić information content (AvgIpc) is 2.30. The predicted molar refractivity (Wildman–Crippen MR) is 71.3 cm³/mol. The fourth-order valence-corrected chi connectivity index (χ4v) is 2.57. The smallest absolute Gasteiger partial charge is 0.0581 e. The highest BCUT2D eigenvalue weighted by atomic mass is 16.5. The van der Waals surface area contributed by atoms with Crippen molar-refractivity contribution >= 4 is 0 Å². The van der Waals surface area contributed by atoms with Crippen LogP contribution < -0.4 is 0 Å². The van der Waals surface area contributed by atoms with Crippen LogP contribution in [0.25, 0.3) is 0 Å². The lowest BCUT2D eigenvalue weighted by atomic mass is 9.75. The van der Waals surface area contributed by atoms with E-state index in [4.69, 9.17) is 9.47 Å². The molecule has 0 spiro atoms. The van der Waals surface area contributed by atoms with Crippen LogP contribution in [-0.4, -0.2) is 27.4 Å². The maximum Gasteiger partial charge on any atom is 0.0581 e. The Morgan fingerprint density at radius 2 is 1.53 bits per heavy atom. The van der Waals surface area contributed by atoms with Crippen molar-refractivity contribution in [2.24, 2.45) is 5.92 Å². The third kappa shape index (κ3) is 3.83. The number of rotatable bonds is 7. The van der Waals surface area contributed by atoms with Crippen molar-refractivity contribution in [3.8, 4) is 0 Å². The lowest BCUT2D eigenvalue weighted by molar-refractivity contribution is 0.0473. The van der Waals surface area contributed by atoms with E-state index in [0.29, 0.717) is 19.1 Å². The molecule has 0 aliphatic carbocycles. The molecule has 0 saturated heterocycles. The van der Waals surface area contributed by atoms with Gasteiger partial charge >= 0.3 is 0 Å². The molecular formula is C15H24O2. The Hall–Kier alpha value is -0.860. The lowest BCUT2D eigenvalue weighted by Gasteiger charge is -2.34. The van der Waals surface area contributed by atoms with Crippen LogP contribution in [0.5, 0.6) is 0 Å². The van der Waals surface area contributed by atoms with Gasteiger partial charge in [-0.3, -0.25) is 0 Å². The van der Waals surface area contributed by atoms with Gasteiger partial charge in [-0.05, 0) is 17.9 Å². The van der Waals surface area contributed by atoms with Gasteiger partial charge in [0.1, 0.15) is 0 Å². The highest BCUT2D eigenvalue weighted by molar-refractivity contribution is 5.26. The van der Waals surface area contributed by atoms with Gasteiger partial charge in [-0.2, -0.15) is 0 Å². The molecule has 0 saturated carbocycles. The van der Waals surface area contributed by atoms with E-state index < -0.39 is 0 Å². The highest BCUT2D eigenvalue weighted by Gasteiger charge is 2.33. The molecule has 0 atom stereocenters. The molecule has 2 heteroatoms. The number of hydrogen-bond acceptors (Lipinski definition) is 2. The van der Waals surface area contributed by atoms with Crippen molar-refractivity contribution in [2.45, 2.75) is 25.7 Å². The van der Waals surface area contributed by atoms with E-state index >= 15 is 0 Å². The molecule has 0 N–H and O–H groups in total. The minimum atomic E-state index is -0.0288. The standard InChI is InChI=1S/C15H24O2/c1-13(2)10-15(11-16-3,12-17-4)14-8-6-5-7-9-14/h5-9,13H,10-12H2,1-4H3. The second-order valence-electron chi connectivity index (χ2n) is 5.11. The minimum absolute atomic E-state index is 0.0288. The molecule has 0 radical (unpaired) electrons. The van der Waals surface area contributed by atoms with Crippen LogP contribution in [0.3, 0.4) is 0 Å². The Balaban J connectivity index is 3.04. The zero-order chi connectivity index (χ0) is 12.7. The first-order valence-corrected chi connectivity index (χ1v) is 6.18. The first kappa shape index (κ1) is 14.2. The van der Waals surface area contributed by atoms with Gasteiger partial charge < -0.3 is 9.47 Å². The summed E-state index contributed by atoms with van der Waals surface area (Å²) in [5.41, 5.74) is 1.27. The molecule has 0 aliphatic rings. The normalized spacial score (nSPS) is 12.1. The van der Waals surface area contributed by atoms with E-state index in [1.807, 2.05) is 6.07 Å². The monoisotopic (exact) mass is 236 g/mol. The van der Waals surface area contributed by atoms with Gasteiger partial charge in [-0.15, -0.1) is 0 Å². The predicted octanol–water partition coefficient (Wildman–Crippen LogP) is 3.26. The van der Waals surface area contributed by atoms with Crippen LogP contribution in [0, 0.1) is 5.92 Å². The Morgan fingerprint density at radius 3 is 1.94 bits per heavy atom. The van der Waals surface area contributed by atoms with E-state index in [1.54, 1.807) is 14.2 Å². The molecule has 1 rings (SSSR count). The summed E-state index contributed by atoms with van der Waals surface area (Å²) >= 11 is 0. The summed E-state index contributed by atoms with van der Waals surface area (Å²) in [5, 5.41) is 0. The van der Waals surface area contributed by atoms with Crippen LogP contribution in [0.1, 0.15) is 25.8 Å². The molecule has 1 aromatic carbocycles. The highest BCUT2D eigenvalue weighted by Crippen LogP contribution is 2.32. The third-order valence-electron chi connectivity index (χ3n) is 3.03. The second-order valence-corrected chi connectivity index (χ2v) is 5.11. The average molecular weight is 236 g/mol. The van der Waals surface area contributed by atoms with Gasteiger partial charge in [0.05, 0.1) is 13.2 Å². The molecule has 0 heterocycles. The molecule has 0 aliphatic heterocycles. The summed E-state index contributed by atoms with van der Waals surface area (Å²) in [7, 11) is 3.52. The van der Waals surface area contributed by atoms with Crippen molar-refractivity contribution < 1.29 is 9.47 Å². The van der Waals surface area contributed by atoms with E-state index in [1.165, 1.54) is 5.56 Å². The molecule has 0 aromatic heterocycles. The summed E-state index contributed by atoms with van der Waals surface area (Å²) in [5.74, 6) is 0.612. The molecule has 17 heavy (non-hydrogen) atoms. The lowest BCUT2D eigenvalue weighted by Crippen LogP contribution is -2.37. The largest absolute Gasteiger partial charge is 0.384 e. The molecule has 1 aromatic rings. The van der Waals surface area contributed by atoms with Crippen LogP contribution in [-0.2, 0) is 14.9 Å². The zero-order valence-electron chi connectivity index (χ0n) is 11.4. The topological polar surface area (TPSA) is 18.5 Å². The second kappa shape index (κ2) is 6.77. The summed E-state index contributed by atoms with van der Waals surface area (Å²) in [6.07, 6.45) is 1.07. The number of methoxy groups -OCH3 is 2. The Kier molecular flexibility index (Phi) is 5.66. The maximum absolute atomic E-state index is 5.44. The molecule has 0 amide bonds. The van der Waals surface area contributed by atoms with Gasteiger partial charge in [0.25, 0.3) is 0 Å². The minimum Gasteiger partial charge on any atom is -0.384 e. The fourth-order valence-electron chi connectivity index (χ4n) is 2.57. The first-order valence-electron chi connectivity index (χ1n) is 6.18. The van der Waals surface area contributed by atoms with E-state index in [9.17, 15) is 0 Å². The Morgan fingerprint density at radius 1 is 1.00 bits per heavy atom. The van der Waals surface area contributed by atoms with Crippen molar-refractivity contribution in [2.75, 3.05) is 27.4 Å². The van der Waals surface area contributed by atoms with Crippen molar-refractivity contribution in [3.63, 3.8) is 0 Å². The first-order chi connectivity index (χ1) is 8.14. The molecule has 0 fully saturated rings. The number of hydrogen-bond donors (Lipinski definition) is 0. The summed E-state index contributed by atoms with van der Waals surface area (Å²) in [6.45, 7) is 5.87. The van der Waals surface area contributed by atoms with Crippen LogP contribution >= 0.6 is 0 Å². The summed E-state index contributed by atoms with van der Waals surface area (Å²) in [6, 6.07) is 10.5. The van der Waals surface area contributed by atoms with Gasteiger partial charge in [-0.25, -0.2) is 0 Å². The summed E-state index contributed by atoms with van der Waals surface area (Å²) in [4.78, 5) is 0. The number of benzene rings is 1. The molecule has 96 valence electrons. The van der Waals surface area contributed by atoms with Gasteiger partial charge in [0, 0.05) is 19.6 Å². The Bertz CT molecular complexity index is 300. The van der Waals surface area contributed by atoms with Crippen molar-refractivity contribution in [1.82, 2.24) is 0 Å². The third-order valence-corrected chi connectivity index (χ3v) is 3.03. The Labute approximate surface area is 105 Å². The van der Waals surface area contributed by atoms with E-state index in [-0.39, 0.29) is 5.41 Å². The van der Waals surface area contributed by atoms with Crippen molar-refractivity contribution in [1.29, 1.82) is 0 Å². The molecular weight excluding hydrogens is 212 g/mol. The van der Waals surface area contributed by atoms with E-state index in [2.05, 4.69) is 38.1 Å². The maximum atomic E-state index is 5.44. The molecule has 0 unspecified atom stereocenters. The van der Waals surface area contributed by atoms with Crippen LogP contribution in [0.2, 0.25) is 0 Å². The SMILES string of the molecule is COCC(COC)(CC(C)C)c1ccccc1.